The van der Waals surface area contributed by atoms with Crippen LogP contribution in [-0.4, -0.2) is 43.5 Å². The zero-order valence-corrected chi connectivity index (χ0v) is 18.7. The van der Waals surface area contributed by atoms with E-state index in [0.29, 0.717) is 28.0 Å². The molecule has 2 unspecified atom stereocenters. The Balaban J connectivity index is 1.64. The number of aliphatic hydroxyl groups is 2. The van der Waals surface area contributed by atoms with Crippen molar-refractivity contribution in [1.29, 1.82) is 0 Å². The number of halogens is 1. The van der Waals surface area contributed by atoms with Gasteiger partial charge in [0.05, 0.1) is 24.3 Å². The normalized spacial score (nSPS) is 15.5. The van der Waals surface area contributed by atoms with Crippen LogP contribution in [0.4, 0.5) is 0 Å². The Morgan fingerprint density at radius 2 is 1.88 bits per heavy atom. The summed E-state index contributed by atoms with van der Waals surface area (Å²) in [5.74, 6) is 0.0761. The van der Waals surface area contributed by atoms with Gasteiger partial charge < -0.3 is 15.3 Å². The third-order valence-electron chi connectivity index (χ3n) is 5.55. The van der Waals surface area contributed by atoms with E-state index in [1.165, 1.54) is 24.5 Å². The van der Waals surface area contributed by atoms with Gasteiger partial charge in [0, 0.05) is 34.3 Å². The van der Waals surface area contributed by atoms with Gasteiger partial charge in [-0.2, -0.15) is 0 Å². The number of hydrogen-bond donors (Lipinski definition) is 3. The number of aliphatic carboxylic acids is 1. The lowest BCUT2D eigenvalue weighted by Gasteiger charge is -2.12. The van der Waals surface area contributed by atoms with Crippen molar-refractivity contribution < 1.29 is 20.1 Å². The van der Waals surface area contributed by atoms with Gasteiger partial charge in [-0.1, -0.05) is 60.2 Å². The van der Waals surface area contributed by atoms with Gasteiger partial charge in [0.15, 0.2) is 5.82 Å². The molecule has 1 aliphatic rings. The second kappa shape index (κ2) is 10.3. The maximum absolute atomic E-state index is 10.7. The molecule has 1 heterocycles. The Kier molecular flexibility index (Phi) is 7.18. The van der Waals surface area contributed by atoms with Gasteiger partial charge in [0.1, 0.15) is 0 Å². The molecule has 0 amide bonds. The summed E-state index contributed by atoms with van der Waals surface area (Å²) < 4.78 is 0. The summed E-state index contributed by atoms with van der Waals surface area (Å²) in [4.78, 5) is 20.0. The maximum Gasteiger partial charge on any atom is 0.305 e. The molecule has 1 aromatic heterocycles. The zero-order valence-electron chi connectivity index (χ0n) is 17.9. The minimum atomic E-state index is -1.13. The first-order chi connectivity index (χ1) is 15.9. The van der Waals surface area contributed by atoms with Crippen LogP contribution in [0.2, 0.25) is 5.02 Å². The molecular weight excluding hydrogens is 440 g/mol. The Morgan fingerprint density at radius 3 is 2.55 bits per heavy atom. The van der Waals surface area contributed by atoms with Crippen LogP contribution in [0.5, 0.6) is 0 Å². The number of carboxylic acids is 1. The molecule has 0 spiro atoms. The largest absolute Gasteiger partial charge is 0.481 e. The SMILES string of the molecule is O=C(O)CC(O)CC(O)/C=C/c1cnc(-c2cccc(Cl)c2)nc1-c1ccc(C2CC2)cc1. The minimum Gasteiger partial charge on any atom is -0.481 e. The van der Waals surface area contributed by atoms with E-state index in [4.69, 9.17) is 21.7 Å². The average molecular weight is 465 g/mol. The van der Waals surface area contributed by atoms with Crippen LogP contribution < -0.4 is 0 Å². The fourth-order valence-electron chi connectivity index (χ4n) is 3.70. The van der Waals surface area contributed by atoms with E-state index in [9.17, 15) is 15.0 Å². The molecule has 6 nitrogen and oxygen atoms in total. The number of hydrogen-bond acceptors (Lipinski definition) is 5. The number of aliphatic hydroxyl groups excluding tert-OH is 2. The second-order valence-electron chi connectivity index (χ2n) is 8.32. The van der Waals surface area contributed by atoms with Crippen LogP contribution in [0, 0.1) is 0 Å². The van der Waals surface area contributed by atoms with Crippen molar-refractivity contribution in [3.63, 3.8) is 0 Å². The Labute approximate surface area is 197 Å². The van der Waals surface area contributed by atoms with Crippen LogP contribution in [0.15, 0.2) is 60.8 Å². The van der Waals surface area contributed by atoms with Crippen molar-refractivity contribution in [1.82, 2.24) is 9.97 Å². The van der Waals surface area contributed by atoms with Gasteiger partial charge >= 0.3 is 5.97 Å². The molecule has 0 radical (unpaired) electrons. The first-order valence-corrected chi connectivity index (χ1v) is 11.3. The third kappa shape index (κ3) is 6.26. The van der Waals surface area contributed by atoms with E-state index < -0.39 is 24.6 Å². The van der Waals surface area contributed by atoms with Crippen molar-refractivity contribution in [3.8, 4) is 22.6 Å². The van der Waals surface area contributed by atoms with Crippen LogP contribution in [-0.2, 0) is 4.79 Å². The fourth-order valence-corrected chi connectivity index (χ4v) is 3.89. The van der Waals surface area contributed by atoms with E-state index in [-0.39, 0.29) is 6.42 Å². The highest BCUT2D eigenvalue weighted by atomic mass is 35.5. The summed E-state index contributed by atoms with van der Waals surface area (Å²) in [5.41, 5.74) is 4.45. The van der Waals surface area contributed by atoms with Crippen LogP contribution in [0.1, 0.15) is 42.7 Å². The van der Waals surface area contributed by atoms with Gasteiger partial charge in [-0.3, -0.25) is 4.79 Å². The van der Waals surface area contributed by atoms with Crippen LogP contribution in [0.3, 0.4) is 0 Å². The van der Waals surface area contributed by atoms with Gasteiger partial charge in [-0.05, 0) is 36.5 Å². The topological polar surface area (TPSA) is 104 Å². The smallest absolute Gasteiger partial charge is 0.305 e. The summed E-state index contributed by atoms with van der Waals surface area (Å²) >= 11 is 6.14. The minimum absolute atomic E-state index is 0.0737. The van der Waals surface area contributed by atoms with E-state index in [0.717, 1.165) is 11.1 Å². The third-order valence-corrected chi connectivity index (χ3v) is 5.79. The highest BCUT2D eigenvalue weighted by Crippen LogP contribution is 2.40. The number of carbonyl (C=O) groups is 1. The van der Waals surface area contributed by atoms with Gasteiger partial charge in [0.25, 0.3) is 0 Å². The predicted molar refractivity (Wildman–Crippen MR) is 128 cm³/mol. The number of nitrogens with zero attached hydrogens (tertiary/aromatic N) is 2. The first kappa shape index (κ1) is 23.1. The van der Waals surface area contributed by atoms with Crippen molar-refractivity contribution in [2.75, 3.05) is 0 Å². The first-order valence-electron chi connectivity index (χ1n) is 10.9. The van der Waals surface area contributed by atoms with E-state index in [1.54, 1.807) is 24.4 Å². The summed E-state index contributed by atoms with van der Waals surface area (Å²) in [7, 11) is 0. The lowest BCUT2D eigenvalue weighted by Crippen LogP contribution is -2.19. The summed E-state index contributed by atoms with van der Waals surface area (Å²) in [6, 6.07) is 15.7. The Bertz CT molecular complexity index is 1160. The molecule has 2 atom stereocenters. The van der Waals surface area contributed by atoms with Crippen molar-refractivity contribution >= 4 is 23.6 Å². The number of carboxylic acid groups (broad SMARTS) is 1. The summed E-state index contributed by atoms with van der Waals surface area (Å²) in [5, 5.41) is 29.4. The fraction of sp³-hybridized carbons (Fsp3) is 0.269. The molecule has 0 saturated heterocycles. The van der Waals surface area contributed by atoms with E-state index in [1.807, 2.05) is 24.3 Å². The molecule has 170 valence electrons. The maximum atomic E-state index is 10.7. The monoisotopic (exact) mass is 464 g/mol. The Hall–Kier alpha value is -3.06. The van der Waals surface area contributed by atoms with E-state index >= 15 is 0 Å². The van der Waals surface area contributed by atoms with Gasteiger partial charge in [-0.25, -0.2) is 9.97 Å². The zero-order chi connectivity index (χ0) is 23.4. The predicted octanol–water partition coefficient (Wildman–Crippen LogP) is 4.94. The molecular formula is C26H25ClN2O4. The van der Waals surface area contributed by atoms with Crippen molar-refractivity contribution in [2.45, 2.75) is 43.8 Å². The molecule has 0 aliphatic heterocycles. The quantitative estimate of drug-likeness (QED) is 0.414. The molecule has 1 aliphatic carbocycles. The standard InChI is InChI=1S/C26H25ClN2O4/c27-21-3-1-2-19(12-21)26-28-15-20(10-11-22(30)13-23(31)14-24(32)33)25(29-26)18-8-6-17(7-9-18)16-4-5-16/h1-3,6-12,15-16,22-23,30-31H,4-5,13-14H2,(H,32,33)/b11-10+. The number of rotatable bonds is 9. The lowest BCUT2D eigenvalue weighted by molar-refractivity contribution is -0.139. The van der Waals surface area contributed by atoms with E-state index in [2.05, 4.69) is 17.1 Å². The highest BCUT2D eigenvalue weighted by molar-refractivity contribution is 6.30. The molecule has 7 heteroatoms. The number of aromatic nitrogens is 2. The van der Waals surface area contributed by atoms with Crippen LogP contribution >= 0.6 is 11.6 Å². The molecule has 3 N–H and O–H groups in total. The lowest BCUT2D eigenvalue weighted by atomic mass is 10.0. The highest BCUT2D eigenvalue weighted by Gasteiger charge is 2.23. The molecule has 1 saturated carbocycles. The summed E-state index contributed by atoms with van der Waals surface area (Å²) in [6.45, 7) is 0. The Morgan fingerprint density at radius 1 is 1.12 bits per heavy atom. The second-order valence-corrected chi connectivity index (χ2v) is 8.75. The van der Waals surface area contributed by atoms with Crippen molar-refractivity contribution in [2.24, 2.45) is 0 Å². The molecule has 33 heavy (non-hydrogen) atoms. The van der Waals surface area contributed by atoms with Gasteiger partial charge in [0.2, 0.25) is 0 Å². The molecule has 4 rings (SSSR count). The summed E-state index contributed by atoms with van der Waals surface area (Å²) in [6.07, 6.45) is 4.74. The van der Waals surface area contributed by atoms with Gasteiger partial charge in [-0.15, -0.1) is 0 Å². The van der Waals surface area contributed by atoms with Crippen LogP contribution in [0.25, 0.3) is 28.7 Å². The molecule has 0 bridgehead atoms. The molecule has 2 aromatic carbocycles. The van der Waals surface area contributed by atoms with Crippen molar-refractivity contribution in [3.05, 3.63) is 77.0 Å². The molecule has 1 fully saturated rings. The molecule has 3 aromatic rings. The average Bonchev–Trinajstić information content (AvgIpc) is 3.63. The number of benzene rings is 2.